The predicted molar refractivity (Wildman–Crippen MR) is 85.1 cm³/mol. The van der Waals surface area contributed by atoms with Crippen LogP contribution in [0.25, 0.3) is 0 Å². The highest BCUT2D eigenvalue weighted by Gasteiger charge is 2.25. The van der Waals surface area contributed by atoms with Crippen LogP contribution in [-0.4, -0.2) is 6.54 Å². The van der Waals surface area contributed by atoms with Gasteiger partial charge in [-0.25, -0.2) is 0 Å². The molecule has 0 aromatic heterocycles. The Kier molecular flexibility index (Phi) is 3.68. The van der Waals surface area contributed by atoms with Crippen LogP contribution in [0.2, 0.25) is 0 Å². The Morgan fingerprint density at radius 3 is 2.37 bits per heavy atom. The Labute approximate surface area is 118 Å². The van der Waals surface area contributed by atoms with Crippen molar-refractivity contribution < 1.29 is 0 Å². The smallest absolute Gasteiger partial charge is 0.0376 e. The number of hydrogen-bond donors (Lipinski definition) is 1. The maximum atomic E-state index is 3.57. The Balaban J connectivity index is 2.18. The molecule has 1 N–H and O–H groups in total. The SMILES string of the molecule is CC(C)(C)CCC1CNc2ccc(C(C)(C)C)cc21. The lowest BCUT2D eigenvalue weighted by Crippen LogP contribution is -2.12. The van der Waals surface area contributed by atoms with Gasteiger partial charge in [0, 0.05) is 18.2 Å². The van der Waals surface area contributed by atoms with Crippen molar-refractivity contribution in [2.75, 3.05) is 11.9 Å². The van der Waals surface area contributed by atoms with E-state index in [9.17, 15) is 0 Å². The van der Waals surface area contributed by atoms with Crippen molar-refractivity contribution in [2.24, 2.45) is 5.41 Å². The summed E-state index contributed by atoms with van der Waals surface area (Å²) in [4.78, 5) is 0. The van der Waals surface area contributed by atoms with E-state index in [0.717, 1.165) is 6.54 Å². The van der Waals surface area contributed by atoms with E-state index in [1.165, 1.54) is 29.7 Å². The lowest BCUT2D eigenvalue weighted by molar-refractivity contribution is 0.352. The van der Waals surface area contributed by atoms with Gasteiger partial charge in [-0.15, -0.1) is 0 Å². The molecule has 0 saturated carbocycles. The van der Waals surface area contributed by atoms with Crippen LogP contribution >= 0.6 is 0 Å². The van der Waals surface area contributed by atoms with Gasteiger partial charge in [0.1, 0.15) is 0 Å². The molecule has 0 fully saturated rings. The molecule has 0 radical (unpaired) electrons. The van der Waals surface area contributed by atoms with Crippen molar-refractivity contribution in [3.63, 3.8) is 0 Å². The Morgan fingerprint density at radius 1 is 1.11 bits per heavy atom. The van der Waals surface area contributed by atoms with Crippen LogP contribution in [0.15, 0.2) is 18.2 Å². The van der Waals surface area contributed by atoms with Crippen LogP contribution in [0, 0.1) is 5.41 Å². The van der Waals surface area contributed by atoms with Gasteiger partial charge < -0.3 is 5.32 Å². The summed E-state index contributed by atoms with van der Waals surface area (Å²) in [7, 11) is 0. The van der Waals surface area contributed by atoms with E-state index in [-0.39, 0.29) is 5.41 Å². The van der Waals surface area contributed by atoms with Gasteiger partial charge in [0.05, 0.1) is 0 Å². The first kappa shape index (κ1) is 14.4. The van der Waals surface area contributed by atoms with E-state index in [0.29, 0.717) is 11.3 Å². The number of fused-ring (bicyclic) bond motifs is 1. The summed E-state index contributed by atoms with van der Waals surface area (Å²) < 4.78 is 0. The quantitative estimate of drug-likeness (QED) is 0.758. The minimum absolute atomic E-state index is 0.242. The molecule has 0 aliphatic carbocycles. The second kappa shape index (κ2) is 4.85. The molecule has 1 heteroatoms. The maximum Gasteiger partial charge on any atom is 0.0376 e. The fraction of sp³-hybridized carbons (Fsp3) is 0.667. The second-order valence-electron chi connectivity index (χ2n) is 8.23. The minimum Gasteiger partial charge on any atom is -0.384 e. The van der Waals surface area contributed by atoms with Crippen molar-refractivity contribution in [3.8, 4) is 0 Å². The first-order valence-corrected chi connectivity index (χ1v) is 7.55. The summed E-state index contributed by atoms with van der Waals surface area (Å²) in [6.45, 7) is 15.0. The van der Waals surface area contributed by atoms with Crippen molar-refractivity contribution >= 4 is 5.69 Å². The van der Waals surface area contributed by atoms with Crippen LogP contribution in [0.4, 0.5) is 5.69 Å². The predicted octanol–water partition coefficient (Wildman–Crippen LogP) is 5.32. The first-order valence-electron chi connectivity index (χ1n) is 7.55. The third-order valence-electron chi connectivity index (χ3n) is 4.14. The van der Waals surface area contributed by atoms with E-state index in [1.807, 2.05) is 0 Å². The zero-order chi connectivity index (χ0) is 14.3. The molecule has 1 aromatic carbocycles. The van der Waals surface area contributed by atoms with Gasteiger partial charge in [0.2, 0.25) is 0 Å². The van der Waals surface area contributed by atoms with Gasteiger partial charge in [-0.05, 0) is 40.9 Å². The van der Waals surface area contributed by atoms with Crippen molar-refractivity contribution in [1.82, 2.24) is 0 Å². The molecule has 0 spiro atoms. The average molecular weight is 259 g/mol. The minimum atomic E-state index is 0.242. The monoisotopic (exact) mass is 259 g/mol. The zero-order valence-corrected chi connectivity index (χ0v) is 13.4. The van der Waals surface area contributed by atoms with E-state index < -0.39 is 0 Å². The number of anilines is 1. The van der Waals surface area contributed by atoms with Crippen LogP contribution in [0.3, 0.4) is 0 Å². The summed E-state index contributed by atoms with van der Waals surface area (Å²) in [5.41, 5.74) is 5.02. The van der Waals surface area contributed by atoms with Crippen LogP contribution in [0.1, 0.15) is 71.4 Å². The fourth-order valence-electron chi connectivity index (χ4n) is 2.74. The molecule has 2 rings (SSSR count). The van der Waals surface area contributed by atoms with Gasteiger partial charge in [0.15, 0.2) is 0 Å². The van der Waals surface area contributed by atoms with E-state index in [2.05, 4.69) is 65.1 Å². The Morgan fingerprint density at radius 2 is 1.79 bits per heavy atom. The molecule has 1 aromatic rings. The molecule has 1 aliphatic heterocycles. The summed E-state index contributed by atoms with van der Waals surface area (Å²) in [6.07, 6.45) is 2.58. The number of benzene rings is 1. The molecule has 0 amide bonds. The van der Waals surface area contributed by atoms with E-state index in [1.54, 1.807) is 0 Å². The van der Waals surface area contributed by atoms with Crippen LogP contribution in [-0.2, 0) is 5.41 Å². The molecule has 1 nitrogen and oxygen atoms in total. The molecule has 1 atom stereocenters. The number of hydrogen-bond acceptors (Lipinski definition) is 1. The van der Waals surface area contributed by atoms with Gasteiger partial charge in [0.25, 0.3) is 0 Å². The molecule has 19 heavy (non-hydrogen) atoms. The fourth-order valence-corrected chi connectivity index (χ4v) is 2.74. The van der Waals surface area contributed by atoms with Gasteiger partial charge in [-0.2, -0.15) is 0 Å². The van der Waals surface area contributed by atoms with Crippen molar-refractivity contribution in [2.45, 2.75) is 65.7 Å². The topological polar surface area (TPSA) is 12.0 Å². The van der Waals surface area contributed by atoms with Gasteiger partial charge in [-0.3, -0.25) is 0 Å². The molecular weight excluding hydrogens is 230 g/mol. The summed E-state index contributed by atoms with van der Waals surface area (Å²) >= 11 is 0. The van der Waals surface area contributed by atoms with Crippen molar-refractivity contribution in [3.05, 3.63) is 29.3 Å². The third kappa shape index (κ3) is 3.52. The second-order valence-corrected chi connectivity index (χ2v) is 8.23. The summed E-state index contributed by atoms with van der Waals surface area (Å²) in [6, 6.07) is 6.98. The first-order chi connectivity index (χ1) is 8.67. The molecule has 106 valence electrons. The number of nitrogens with one attached hydrogen (secondary N) is 1. The van der Waals surface area contributed by atoms with E-state index >= 15 is 0 Å². The lowest BCUT2D eigenvalue weighted by atomic mass is 9.82. The van der Waals surface area contributed by atoms with Crippen LogP contribution in [0.5, 0.6) is 0 Å². The summed E-state index contributed by atoms with van der Waals surface area (Å²) in [5.74, 6) is 0.691. The summed E-state index contributed by atoms with van der Waals surface area (Å²) in [5, 5.41) is 3.57. The molecule has 1 unspecified atom stereocenters. The number of rotatable bonds is 2. The molecular formula is C18H29N. The molecule has 0 saturated heterocycles. The Bertz CT molecular complexity index is 446. The largest absolute Gasteiger partial charge is 0.384 e. The van der Waals surface area contributed by atoms with Crippen molar-refractivity contribution in [1.29, 1.82) is 0 Å². The van der Waals surface area contributed by atoms with Gasteiger partial charge in [-0.1, -0.05) is 53.7 Å². The molecule has 1 heterocycles. The highest BCUT2D eigenvalue weighted by molar-refractivity contribution is 5.59. The average Bonchev–Trinajstić information content (AvgIpc) is 2.66. The van der Waals surface area contributed by atoms with Gasteiger partial charge >= 0.3 is 0 Å². The highest BCUT2D eigenvalue weighted by Crippen LogP contribution is 2.39. The zero-order valence-electron chi connectivity index (χ0n) is 13.4. The lowest BCUT2D eigenvalue weighted by Gasteiger charge is -2.23. The maximum absolute atomic E-state index is 3.57. The normalized spacial score (nSPS) is 19.2. The molecule has 1 aliphatic rings. The standard InChI is InChI=1S/C18H29N/c1-17(2,3)10-9-13-12-19-16-8-7-14(11-15(13)16)18(4,5)6/h7-8,11,13,19H,9-10,12H2,1-6H3. The van der Waals surface area contributed by atoms with Crippen LogP contribution < -0.4 is 5.32 Å². The third-order valence-corrected chi connectivity index (χ3v) is 4.14. The highest BCUT2D eigenvalue weighted by atomic mass is 14.9. The molecule has 0 bridgehead atoms. The van der Waals surface area contributed by atoms with E-state index in [4.69, 9.17) is 0 Å². The Hall–Kier alpha value is -0.980.